The van der Waals surface area contributed by atoms with Gasteiger partial charge in [0.15, 0.2) is 0 Å². The topological polar surface area (TPSA) is 15.3 Å². The molecular weight excluding hydrogens is 220 g/mol. The normalized spacial score (nSPS) is 40.2. The van der Waals surface area contributed by atoms with E-state index in [1.807, 2.05) is 0 Å². The monoisotopic (exact) mass is 252 g/mol. The summed E-state index contributed by atoms with van der Waals surface area (Å²) in [6.07, 6.45) is 7.08. The summed E-state index contributed by atoms with van der Waals surface area (Å²) in [6.45, 7) is 7.37. The Labute approximate surface area is 114 Å². The van der Waals surface area contributed by atoms with E-state index in [0.717, 1.165) is 29.7 Å². The predicted molar refractivity (Wildman–Crippen MR) is 78.7 cm³/mol. The van der Waals surface area contributed by atoms with Gasteiger partial charge in [0.25, 0.3) is 0 Å². The molecule has 0 heterocycles. The molecule has 0 bridgehead atoms. The van der Waals surface area contributed by atoms with E-state index in [1.54, 1.807) is 0 Å². The number of hydrogen-bond acceptors (Lipinski definition) is 2. The molecule has 2 aliphatic carbocycles. The zero-order valence-electron chi connectivity index (χ0n) is 12.8. The molecule has 1 N–H and O–H groups in total. The highest BCUT2D eigenvalue weighted by Gasteiger charge is 2.35. The van der Waals surface area contributed by atoms with Gasteiger partial charge in [-0.2, -0.15) is 0 Å². The van der Waals surface area contributed by atoms with Gasteiger partial charge in [0, 0.05) is 19.1 Å². The quantitative estimate of drug-likeness (QED) is 0.782. The fourth-order valence-electron chi connectivity index (χ4n) is 3.84. The summed E-state index contributed by atoms with van der Waals surface area (Å²) in [6, 6.07) is 0.756. The maximum atomic E-state index is 3.56. The first-order valence-corrected chi connectivity index (χ1v) is 7.99. The molecule has 0 aromatic heterocycles. The van der Waals surface area contributed by atoms with Crippen molar-refractivity contribution in [3.05, 3.63) is 0 Å². The zero-order valence-corrected chi connectivity index (χ0v) is 12.8. The molecule has 2 aliphatic rings. The molecule has 0 saturated heterocycles. The second-order valence-electron chi connectivity index (χ2n) is 6.94. The summed E-state index contributed by atoms with van der Waals surface area (Å²) in [5, 5.41) is 3.56. The average molecular weight is 252 g/mol. The molecular formula is C16H32N2. The number of hydrogen-bond donors (Lipinski definition) is 1. The van der Waals surface area contributed by atoms with E-state index in [0.29, 0.717) is 0 Å². The fourth-order valence-corrected chi connectivity index (χ4v) is 3.84. The first-order chi connectivity index (χ1) is 8.63. The molecule has 2 nitrogen and oxygen atoms in total. The molecule has 2 heteroatoms. The first kappa shape index (κ1) is 14.3. The van der Waals surface area contributed by atoms with E-state index in [-0.39, 0.29) is 0 Å². The summed E-state index contributed by atoms with van der Waals surface area (Å²) in [5.41, 5.74) is 0. The minimum atomic E-state index is 0.756. The van der Waals surface area contributed by atoms with Gasteiger partial charge < -0.3 is 10.2 Å². The minimum absolute atomic E-state index is 0.756. The van der Waals surface area contributed by atoms with Gasteiger partial charge in [-0.1, -0.05) is 20.3 Å². The summed E-state index contributed by atoms with van der Waals surface area (Å²) in [7, 11) is 4.47. The summed E-state index contributed by atoms with van der Waals surface area (Å²) in [5.74, 6) is 3.83. The largest absolute Gasteiger partial charge is 0.317 e. The van der Waals surface area contributed by atoms with Crippen LogP contribution < -0.4 is 5.32 Å². The van der Waals surface area contributed by atoms with Crippen molar-refractivity contribution in [2.24, 2.45) is 23.7 Å². The third-order valence-corrected chi connectivity index (χ3v) is 5.41. The molecule has 2 fully saturated rings. The molecule has 0 aliphatic heterocycles. The van der Waals surface area contributed by atoms with Gasteiger partial charge in [0.05, 0.1) is 0 Å². The third kappa shape index (κ3) is 3.71. The fraction of sp³-hybridized carbons (Fsp3) is 1.00. The van der Waals surface area contributed by atoms with Crippen LogP contribution in [0.1, 0.15) is 46.0 Å². The molecule has 5 unspecified atom stereocenters. The van der Waals surface area contributed by atoms with Crippen LogP contribution >= 0.6 is 0 Å². The second-order valence-corrected chi connectivity index (χ2v) is 6.94. The molecule has 2 saturated carbocycles. The predicted octanol–water partition coefficient (Wildman–Crippen LogP) is 2.99. The van der Waals surface area contributed by atoms with Crippen molar-refractivity contribution in [3.8, 4) is 0 Å². The Morgan fingerprint density at radius 1 is 1.11 bits per heavy atom. The van der Waals surface area contributed by atoms with Crippen molar-refractivity contribution in [1.82, 2.24) is 10.2 Å². The third-order valence-electron chi connectivity index (χ3n) is 5.41. The van der Waals surface area contributed by atoms with Crippen molar-refractivity contribution < 1.29 is 0 Å². The Hall–Kier alpha value is -0.0800. The first-order valence-electron chi connectivity index (χ1n) is 7.99. The van der Waals surface area contributed by atoms with Crippen molar-refractivity contribution in [1.29, 1.82) is 0 Å². The van der Waals surface area contributed by atoms with Gasteiger partial charge >= 0.3 is 0 Å². The molecule has 0 aromatic rings. The highest BCUT2D eigenvalue weighted by Crippen LogP contribution is 2.38. The standard InChI is InChI=1S/C16H32N2/c1-5-13-6-7-16(17-3)15(9-13)11-18(4)10-14-8-12(14)2/h12-17H,5-11H2,1-4H3. The Kier molecular flexibility index (Phi) is 5.08. The van der Waals surface area contributed by atoms with Crippen molar-refractivity contribution in [3.63, 3.8) is 0 Å². The van der Waals surface area contributed by atoms with Crippen LogP contribution in [0, 0.1) is 23.7 Å². The van der Waals surface area contributed by atoms with Crippen LogP contribution in [0.5, 0.6) is 0 Å². The van der Waals surface area contributed by atoms with E-state index >= 15 is 0 Å². The molecule has 2 rings (SSSR count). The van der Waals surface area contributed by atoms with Crippen LogP contribution in [-0.2, 0) is 0 Å². The van der Waals surface area contributed by atoms with Crippen molar-refractivity contribution in [2.75, 3.05) is 27.2 Å². The lowest BCUT2D eigenvalue weighted by molar-refractivity contribution is 0.153. The van der Waals surface area contributed by atoms with Gasteiger partial charge in [-0.3, -0.25) is 0 Å². The molecule has 106 valence electrons. The Morgan fingerprint density at radius 3 is 2.33 bits per heavy atom. The Balaban J connectivity index is 1.79. The zero-order chi connectivity index (χ0) is 13.1. The van der Waals surface area contributed by atoms with Crippen molar-refractivity contribution >= 4 is 0 Å². The minimum Gasteiger partial charge on any atom is -0.317 e. The number of nitrogens with zero attached hydrogens (tertiary/aromatic N) is 1. The van der Waals surface area contributed by atoms with Gasteiger partial charge in [0.2, 0.25) is 0 Å². The highest BCUT2D eigenvalue weighted by molar-refractivity contribution is 4.88. The summed E-state index contributed by atoms with van der Waals surface area (Å²) < 4.78 is 0. The number of rotatable bonds is 6. The SMILES string of the molecule is CCC1CCC(NC)C(CN(C)CC2CC2C)C1. The maximum absolute atomic E-state index is 3.56. The molecule has 5 atom stereocenters. The van der Waals surface area contributed by atoms with E-state index < -0.39 is 0 Å². The molecule has 0 amide bonds. The van der Waals surface area contributed by atoms with E-state index in [1.165, 1.54) is 45.2 Å². The van der Waals surface area contributed by atoms with E-state index in [2.05, 4.69) is 38.2 Å². The van der Waals surface area contributed by atoms with E-state index in [9.17, 15) is 0 Å². The molecule has 0 aromatic carbocycles. The Bertz CT molecular complexity index is 253. The lowest BCUT2D eigenvalue weighted by atomic mass is 9.76. The average Bonchev–Trinajstić information content (AvgIpc) is 3.04. The van der Waals surface area contributed by atoms with Gasteiger partial charge in [-0.05, 0) is 63.5 Å². The molecule has 18 heavy (non-hydrogen) atoms. The molecule has 0 radical (unpaired) electrons. The van der Waals surface area contributed by atoms with Crippen LogP contribution in [0.3, 0.4) is 0 Å². The summed E-state index contributed by atoms with van der Waals surface area (Å²) in [4.78, 5) is 2.60. The van der Waals surface area contributed by atoms with Crippen molar-refractivity contribution in [2.45, 2.75) is 52.0 Å². The summed E-state index contributed by atoms with van der Waals surface area (Å²) >= 11 is 0. The number of nitrogens with one attached hydrogen (secondary N) is 1. The van der Waals surface area contributed by atoms with Crippen LogP contribution in [0.4, 0.5) is 0 Å². The van der Waals surface area contributed by atoms with Gasteiger partial charge in [0.1, 0.15) is 0 Å². The van der Waals surface area contributed by atoms with Crippen LogP contribution in [0.25, 0.3) is 0 Å². The van der Waals surface area contributed by atoms with E-state index in [4.69, 9.17) is 0 Å². The second kappa shape index (κ2) is 6.38. The lowest BCUT2D eigenvalue weighted by Crippen LogP contribution is -2.44. The highest BCUT2D eigenvalue weighted by atomic mass is 15.1. The van der Waals surface area contributed by atoms with Gasteiger partial charge in [-0.25, -0.2) is 0 Å². The lowest BCUT2D eigenvalue weighted by Gasteiger charge is -2.38. The smallest absolute Gasteiger partial charge is 0.0105 e. The van der Waals surface area contributed by atoms with Gasteiger partial charge in [-0.15, -0.1) is 0 Å². The Morgan fingerprint density at radius 2 is 1.78 bits per heavy atom. The van der Waals surface area contributed by atoms with Crippen LogP contribution in [-0.4, -0.2) is 38.1 Å². The van der Waals surface area contributed by atoms with Crippen LogP contribution in [0.2, 0.25) is 0 Å². The molecule has 0 spiro atoms. The maximum Gasteiger partial charge on any atom is 0.0105 e. The van der Waals surface area contributed by atoms with Crippen LogP contribution in [0.15, 0.2) is 0 Å².